The summed E-state index contributed by atoms with van der Waals surface area (Å²) in [5, 5.41) is 13.6. The number of likely N-dealkylation sites (tertiary alicyclic amines) is 1. The van der Waals surface area contributed by atoms with Gasteiger partial charge in [-0.1, -0.05) is 29.0 Å². The lowest BCUT2D eigenvalue weighted by molar-refractivity contribution is -0.121. The molecule has 2 aliphatic heterocycles. The number of piperidine rings is 1. The third kappa shape index (κ3) is 5.09. The summed E-state index contributed by atoms with van der Waals surface area (Å²) in [4.78, 5) is 40.0. The number of ether oxygens (including phenoxy) is 2. The highest BCUT2D eigenvalue weighted by Gasteiger charge is 2.31. The molecule has 1 atom stereocenters. The van der Waals surface area contributed by atoms with E-state index < -0.39 is 5.91 Å². The predicted octanol–water partition coefficient (Wildman–Crippen LogP) is 3.32. The summed E-state index contributed by atoms with van der Waals surface area (Å²) in [5.74, 6) is -0.101. The number of nitrogens with one attached hydrogen (secondary N) is 2. The van der Waals surface area contributed by atoms with Crippen LogP contribution < -0.4 is 20.1 Å². The maximum atomic E-state index is 13.0. The van der Waals surface area contributed by atoms with Gasteiger partial charge in [-0.25, -0.2) is 0 Å². The quantitative estimate of drug-likeness (QED) is 0.559. The lowest BCUT2D eigenvalue weighted by Crippen LogP contribution is -2.43. The number of benzene rings is 2. The maximum absolute atomic E-state index is 13.0. The molecule has 35 heavy (non-hydrogen) atoms. The Hall–Kier alpha value is -3.99. The highest BCUT2D eigenvalue weighted by Crippen LogP contribution is 2.34. The number of hydrogen-bond acceptors (Lipinski definition) is 8. The van der Waals surface area contributed by atoms with Gasteiger partial charge in [-0.2, -0.15) is 0 Å². The van der Waals surface area contributed by atoms with Crippen LogP contribution in [0, 0.1) is 12.8 Å². The van der Waals surface area contributed by atoms with Gasteiger partial charge in [-0.3, -0.25) is 14.4 Å². The van der Waals surface area contributed by atoms with Crippen LogP contribution in [0.4, 0.5) is 11.4 Å². The van der Waals surface area contributed by atoms with Crippen LogP contribution in [-0.2, 0) is 4.79 Å². The summed E-state index contributed by atoms with van der Waals surface area (Å²) in [6, 6.07) is 12.6. The Morgan fingerprint density at radius 1 is 0.971 bits per heavy atom. The van der Waals surface area contributed by atoms with Gasteiger partial charge in [0.1, 0.15) is 0 Å². The zero-order chi connectivity index (χ0) is 24.4. The van der Waals surface area contributed by atoms with E-state index in [0.717, 1.165) is 22.6 Å². The van der Waals surface area contributed by atoms with Crippen LogP contribution in [0.5, 0.6) is 11.5 Å². The van der Waals surface area contributed by atoms with Gasteiger partial charge in [-0.15, -0.1) is 10.2 Å². The Labute approximate surface area is 205 Å². The van der Waals surface area contributed by atoms with Gasteiger partial charge in [0.05, 0.1) is 5.92 Å². The van der Waals surface area contributed by atoms with E-state index in [-0.39, 0.29) is 41.1 Å². The average Bonchev–Trinajstić information content (AvgIpc) is 3.55. The predicted molar refractivity (Wildman–Crippen MR) is 129 cm³/mol. The zero-order valence-corrected chi connectivity index (χ0v) is 19.8. The van der Waals surface area contributed by atoms with E-state index in [1.54, 1.807) is 23.1 Å². The molecule has 11 heteroatoms. The zero-order valence-electron chi connectivity index (χ0n) is 18.9. The Balaban J connectivity index is 1.20. The van der Waals surface area contributed by atoms with Crippen molar-refractivity contribution in [3.8, 4) is 11.5 Å². The molecule has 0 unspecified atom stereocenters. The van der Waals surface area contributed by atoms with Crippen LogP contribution in [0.2, 0.25) is 0 Å². The fraction of sp³-hybridized carbons (Fsp3) is 0.292. The van der Waals surface area contributed by atoms with Crippen molar-refractivity contribution in [3.05, 3.63) is 58.0 Å². The molecule has 0 aliphatic carbocycles. The third-order valence-electron chi connectivity index (χ3n) is 5.83. The van der Waals surface area contributed by atoms with Crippen molar-refractivity contribution < 1.29 is 23.9 Å². The van der Waals surface area contributed by atoms with Gasteiger partial charge in [0.15, 0.2) is 11.5 Å². The molecule has 3 aromatic rings. The Kier molecular flexibility index (Phi) is 6.32. The molecule has 1 fully saturated rings. The topological polar surface area (TPSA) is 123 Å². The summed E-state index contributed by atoms with van der Waals surface area (Å²) >= 11 is 0.919. The van der Waals surface area contributed by atoms with Crippen LogP contribution in [0.3, 0.4) is 0 Å². The van der Waals surface area contributed by atoms with Crippen molar-refractivity contribution >= 4 is 40.4 Å². The number of rotatable bonds is 5. The number of amides is 3. The fourth-order valence-corrected chi connectivity index (χ4v) is 4.66. The summed E-state index contributed by atoms with van der Waals surface area (Å²) in [5.41, 5.74) is 2.35. The first kappa shape index (κ1) is 22.8. The van der Waals surface area contributed by atoms with Crippen molar-refractivity contribution in [2.45, 2.75) is 19.8 Å². The van der Waals surface area contributed by atoms with Crippen molar-refractivity contribution in [2.24, 2.45) is 5.92 Å². The molecule has 2 aromatic carbocycles. The van der Waals surface area contributed by atoms with E-state index in [0.29, 0.717) is 36.6 Å². The first-order valence-corrected chi connectivity index (χ1v) is 12.0. The van der Waals surface area contributed by atoms with Gasteiger partial charge < -0.3 is 25.0 Å². The highest BCUT2D eigenvalue weighted by molar-refractivity contribution is 7.15. The molecule has 5 rings (SSSR count). The van der Waals surface area contributed by atoms with Gasteiger partial charge >= 0.3 is 0 Å². The van der Waals surface area contributed by atoms with Gasteiger partial charge in [0.25, 0.3) is 11.8 Å². The van der Waals surface area contributed by atoms with Crippen LogP contribution in [-0.4, -0.2) is 52.7 Å². The molecular weight excluding hydrogens is 470 g/mol. The van der Waals surface area contributed by atoms with Crippen LogP contribution in [0.25, 0.3) is 0 Å². The molecule has 0 spiro atoms. The maximum Gasteiger partial charge on any atom is 0.286 e. The van der Waals surface area contributed by atoms with E-state index in [4.69, 9.17) is 9.47 Å². The molecule has 1 aromatic heterocycles. The summed E-state index contributed by atoms with van der Waals surface area (Å²) in [6.07, 6.45) is 1.40. The minimum atomic E-state index is -0.477. The highest BCUT2D eigenvalue weighted by atomic mass is 32.1. The summed E-state index contributed by atoms with van der Waals surface area (Å²) in [7, 11) is 0. The van der Waals surface area contributed by atoms with Crippen molar-refractivity contribution in [1.82, 2.24) is 15.1 Å². The van der Waals surface area contributed by atoms with E-state index in [1.165, 1.54) is 0 Å². The van der Waals surface area contributed by atoms with E-state index >= 15 is 0 Å². The lowest BCUT2D eigenvalue weighted by atomic mass is 9.97. The molecular formula is C24H23N5O5S. The largest absolute Gasteiger partial charge is 0.454 e. The fourth-order valence-electron chi connectivity index (χ4n) is 3.95. The number of fused-ring (bicyclic) bond motifs is 1. The van der Waals surface area contributed by atoms with Crippen LogP contribution >= 0.6 is 11.3 Å². The molecule has 0 saturated carbocycles. The van der Waals surface area contributed by atoms with E-state index in [1.807, 2.05) is 31.2 Å². The van der Waals surface area contributed by atoms with Crippen molar-refractivity contribution in [1.29, 1.82) is 0 Å². The SMILES string of the molecule is Cc1ccc(NC(=O)[C@H]2CCCN(C(=O)c3nnc(C(=O)Nc4ccc5c(c4)OCO5)s3)C2)cc1. The number of carbonyl (C=O) groups excluding carboxylic acids is 3. The Morgan fingerprint density at radius 2 is 1.71 bits per heavy atom. The number of carbonyl (C=O) groups is 3. The molecule has 1 saturated heterocycles. The number of anilines is 2. The monoisotopic (exact) mass is 493 g/mol. The first-order chi connectivity index (χ1) is 17.0. The van der Waals surface area contributed by atoms with Crippen molar-refractivity contribution in [3.63, 3.8) is 0 Å². The number of aryl methyl sites for hydroxylation is 1. The standard InChI is InChI=1S/C24H23N5O5S/c1-14-4-6-16(7-5-14)25-20(30)15-3-2-10-29(12-15)24(32)23-28-27-22(35-23)21(31)26-17-8-9-18-19(11-17)34-13-33-18/h4-9,11,15H,2-3,10,12-13H2,1H3,(H,25,30)(H,26,31)/t15-/m0/s1. The normalized spacial score (nSPS) is 16.6. The second-order valence-electron chi connectivity index (χ2n) is 8.38. The van der Waals surface area contributed by atoms with E-state index in [9.17, 15) is 14.4 Å². The summed E-state index contributed by atoms with van der Waals surface area (Å²) < 4.78 is 10.6. The minimum absolute atomic E-state index is 0.0664. The molecule has 2 aliphatic rings. The van der Waals surface area contributed by atoms with Gasteiger partial charge in [0, 0.05) is 30.5 Å². The average molecular weight is 494 g/mol. The second kappa shape index (κ2) is 9.71. The second-order valence-corrected chi connectivity index (χ2v) is 9.36. The van der Waals surface area contributed by atoms with Crippen molar-refractivity contribution in [2.75, 3.05) is 30.5 Å². The number of aromatic nitrogens is 2. The molecule has 2 N–H and O–H groups in total. The number of nitrogens with zero attached hydrogens (tertiary/aromatic N) is 3. The van der Waals surface area contributed by atoms with Crippen LogP contribution in [0.1, 0.15) is 38.0 Å². The third-order valence-corrected chi connectivity index (χ3v) is 6.74. The van der Waals surface area contributed by atoms with Gasteiger partial charge in [-0.05, 0) is 44.0 Å². The Morgan fingerprint density at radius 3 is 2.54 bits per heavy atom. The van der Waals surface area contributed by atoms with Gasteiger partial charge in [0.2, 0.25) is 22.7 Å². The molecule has 3 amide bonds. The molecule has 10 nitrogen and oxygen atoms in total. The smallest absolute Gasteiger partial charge is 0.286 e. The first-order valence-electron chi connectivity index (χ1n) is 11.2. The molecule has 3 heterocycles. The minimum Gasteiger partial charge on any atom is -0.454 e. The molecule has 180 valence electrons. The lowest BCUT2D eigenvalue weighted by Gasteiger charge is -2.31. The molecule has 0 radical (unpaired) electrons. The Bertz CT molecular complexity index is 1280. The summed E-state index contributed by atoms with van der Waals surface area (Å²) in [6.45, 7) is 2.93. The molecule has 0 bridgehead atoms. The van der Waals surface area contributed by atoms with E-state index in [2.05, 4.69) is 20.8 Å². The number of hydrogen-bond donors (Lipinski definition) is 2. The van der Waals surface area contributed by atoms with Crippen LogP contribution in [0.15, 0.2) is 42.5 Å².